The zero-order chi connectivity index (χ0) is 21.4. The Morgan fingerprint density at radius 1 is 0.897 bits per heavy atom. The molecule has 2 rings (SSSR count). The van der Waals surface area contributed by atoms with E-state index < -0.39 is 6.10 Å². The monoisotopic (exact) mass is 405 g/mol. The summed E-state index contributed by atoms with van der Waals surface area (Å²) in [5.41, 5.74) is 1.09. The van der Waals surface area contributed by atoms with Crippen LogP contribution in [-0.2, 0) is 4.79 Å². The first-order valence-corrected chi connectivity index (χ1v) is 8.97. The van der Waals surface area contributed by atoms with Crippen molar-refractivity contribution >= 4 is 11.6 Å². The lowest BCUT2D eigenvalue weighted by Gasteiger charge is -2.16. The minimum Gasteiger partial charge on any atom is -0.497 e. The Kier molecular flexibility index (Phi) is 7.97. The van der Waals surface area contributed by atoms with Crippen molar-refractivity contribution in [2.24, 2.45) is 0 Å². The molecule has 0 spiro atoms. The fourth-order valence-electron chi connectivity index (χ4n) is 2.89. The Morgan fingerprint density at radius 2 is 1.52 bits per heavy atom. The van der Waals surface area contributed by atoms with E-state index in [1.165, 1.54) is 28.4 Å². The van der Waals surface area contributed by atoms with Gasteiger partial charge in [-0.25, -0.2) is 0 Å². The van der Waals surface area contributed by atoms with E-state index in [1.807, 2.05) is 0 Å². The second-order valence-electron chi connectivity index (χ2n) is 6.12. The second-order valence-corrected chi connectivity index (χ2v) is 6.12. The number of benzene rings is 2. The molecule has 0 heterocycles. The van der Waals surface area contributed by atoms with E-state index >= 15 is 0 Å². The lowest BCUT2D eigenvalue weighted by Crippen LogP contribution is -2.13. The number of carbonyl (C=O) groups excluding carboxylic acids is 1. The number of amides is 1. The number of methoxy groups -OCH3 is 5. The third-order valence-electron chi connectivity index (χ3n) is 4.39. The Bertz CT molecular complexity index is 813. The second kappa shape index (κ2) is 10.4. The molecule has 0 aliphatic heterocycles. The van der Waals surface area contributed by atoms with Crippen LogP contribution < -0.4 is 29.0 Å². The van der Waals surface area contributed by atoms with E-state index in [2.05, 4.69) is 5.32 Å². The average molecular weight is 405 g/mol. The van der Waals surface area contributed by atoms with E-state index in [4.69, 9.17) is 23.7 Å². The van der Waals surface area contributed by atoms with Gasteiger partial charge in [0, 0.05) is 35.9 Å². The van der Waals surface area contributed by atoms with Crippen LogP contribution in [0.15, 0.2) is 30.3 Å². The van der Waals surface area contributed by atoms with Gasteiger partial charge in [-0.3, -0.25) is 4.79 Å². The molecule has 0 aromatic heterocycles. The van der Waals surface area contributed by atoms with Crippen molar-refractivity contribution in [2.75, 3.05) is 40.9 Å². The Labute approximate surface area is 170 Å². The maximum Gasteiger partial charge on any atom is 0.224 e. The normalized spacial score (nSPS) is 11.4. The van der Waals surface area contributed by atoms with Gasteiger partial charge in [-0.15, -0.1) is 0 Å². The first kappa shape index (κ1) is 22.2. The number of aliphatic hydroxyl groups excluding tert-OH is 1. The molecule has 8 heteroatoms. The number of carbonyl (C=O) groups is 1. The fraction of sp³-hybridized carbons (Fsp3) is 0.381. The Balaban J connectivity index is 2.05. The molecule has 0 bridgehead atoms. The molecule has 0 fully saturated rings. The average Bonchev–Trinajstić information content (AvgIpc) is 2.75. The van der Waals surface area contributed by atoms with Crippen LogP contribution in [-0.4, -0.2) is 46.6 Å². The fourth-order valence-corrected chi connectivity index (χ4v) is 2.89. The summed E-state index contributed by atoms with van der Waals surface area (Å²) in [7, 11) is 7.58. The summed E-state index contributed by atoms with van der Waals surface area (Å²) < 4.78 is 26.3. The molecule has 0 saturated heterocycles. The molecular formula is C21H27NO7. The van der Waals surface area contributed by atoms with Gasteiger partial charge in [0.15, 0.2) is 11.5 Å². The van der Waals surface area contributed by atoms with Crippen molar-refractivity contribution in [3.05, 3.63) is 35.9 Å². The van der Waals surface area contributed by atoms with Crippen LogP contribution in [0.3, 0.4) is 0 Å². The highest BCUT2D eigenvalue weighted by molar-refractivity contribution is 5.91. The Morgan fingerprint density at radius 3 is 2.03 bits per heavy atom. The van der Waals surface area contributed by atoms with Gasteiger partial charge in [0.05, 0.1) is 41.7 Å². The predicted molar refractivity (Wildman–Crippen MR) is 108 cm³/mol. The van der Waals surface area contributed by atoms with Crippen molar-refractivity contribution in [3.63, 3.8) is 0 Å². The van der Waals surface area contributed by atoms with Gasteiger partial charge < -0.3 is 34.1 Å². The highest BCUT2D eigenvalue weighted by Gasteiger charge is 2.18. The molecular weight excluding hydrogens is 378 g/mol. The minimum atomic E-state index is -0.860. The predicted octanol–water partition coefficient (Wildman–Crippen LogP) is 3.18. The molecule has 29 heavy (non-hydrogen) atoms. The van der Waals surface area contributed by atoms with E-state index in [9.17, 15) is 9.90 Å². The summed E-state index contributed by atoms with van der Waals surface area (Å²) in [4.78, 5) is 12.4. The topological polar surface area (TPSA) is 95.5 Å². The highest BCUT2D eigenvalue weighted by atomic mass is 16.5. The zero-order valence-corrected chi connectivity index (χ0v) is 17.3. The van der Waals surface area contributed by atoms with Crippen LogP contribution in [0.5, 0.6) is 28.7 Å². The summed E-state index contributed by atoms with van der Waals surface area (Å²) in [6.45, 7) is 0. The third-order valence-corrected chi connectivity index (χ3v) is 4.39. The van der Waals surface area contributed by atoms with Crippen LogP contribution in [0.2, 0.25) is 0 Å². The summed E-state index contributed by atoms with van der Waals surface area (Å²) >= 11 is 0. The number of ether oxygens (including phenoxy) is 5. The quantitative estimate of drug-likeness (QED) is 0.627. The molecule has 1 atom stereocenters. The summed E-state index contributed by atoms with van der Waals surface area (Å²) in [6.07, 6.45) is -0.534. The van der Waals surface area contributed by atoms with Crippen LogP contribution >= 0.6 is 0 Å². The van der Waals surface area contributed by atoms with Crippen LogP contribution in [0, 0.1) is 0 Å². The molecule has 0 aliphatic carbocycles. The number of hydrogen-bond donors (Lipinski definition) is 2. The first-order valence-electron chi connectivity index (χ1n) is 8.97. The van der Waals surface area contributed by atoms with E-state index in [0.29, 0.717) is 40.0 Å². The van der Waals surface area contributed by atoms with Crippen LogP contribution in [0.4, 0.5) is 5.69 Å². The maximum absolute atomic E-state index is 12.4. The Hall–Kier alpha value is -3.13. The molecule has 2 aromatic rings. The number of nitrogens with one attached hydrogen (secondary N) is 1. The van der Waals surface area contributed by atoms with Gasteiger partial charge >= 0.3 is 0 Å². The number of anilines is 1. The van der Waals surface area contributed by atoms with Crippen molar-refractivity contribution in [2.45, 2.75) is 18.9 Å². The number of hydrogen-bond acceptors (Lipinski definition) is 7. The zero-order valence-electron chi connectivity index (χ0n) is 17.3. The van der Waals surface area contributed by atoms with E-state index in [-0.39, 0.29) is 18.7 Å². The number of aliphatic hydroxyl groups is 1. The van der Waals surface area contributed by atoms with Crippen molar-refractivity contribution < 1.29 is 33.6 Å². The largest absolute Gasteiger partial charge is 0.497 e. The lowest BCUT2D eigenvalue weighted by atomic mass is 10.0. The van der Waals surface area contributed by atoms with Crippen LogP contribution in [0.1, 0.15) is 24.5 Å². The molecule has 2 aromatic carbocycles. The van der Waals surface area contributed by atoms with Crippen molar-refractivity contribution in [1.82, 2.24) is 0 Å². The van der Waals surface area contributed by atoms with Gasteiger partial charge in [0.25, 0.3) is 0 Å². The highest BCUT2D eigenvalue weighted by Crippen LogP contribution is 2.40. The van der Waals surface area contributed by atoms with Crippen LogP contribution in [0.25, 0.3) is 0 Å². The molecule has 0 aliphatic rings. The molecule has 8 nitrogen and oxygen atoms in total. The van der Waals surface area contributed by atoms with Crippen molar-refractivity contribution in [1.29, 1.82) is 0 Å². The smallest absolute Gasteiger partial charge is 0.224 e. The molecule has 1 unspecified atom stereocenters. The third kappa shape index (κ3) is 5.45. The van der Waals surface area contributed by atoms with Gasteiger partial charge in [0.2, 0.25) is 11.7 Å². The van der Waals surface area contributed by atoms with Gasteiger partial charge in [-0.2, -0.15) is 0 Å². The molecule has 158 valence electrons. The molecule has 1 amide bonds. The molecule has 0 saturated carbocycles. The summed E-state index contributed by atoms with van der Waals surface area (Å²) in [5.74, 6) is 2.18. The molecule has 0 radical (unpaired) electrons. The van der Waals surface area contributed by atoms with Gasteiger partial charge in [-0.05, 0) is 18.6 Å². The standard InChI is InChI=1S/C21H27NO7/c1-25-14-6-7-15(17(12-14)26-2)16(23)8-9-20(24)22-13-10-18(27-3)21(29-5)19(11-13)28-4/h6-7,10-12,16,23H,8-9H2,1-5H3,(H,22,24). The lowest BCUT2D eigenvalue weighted by molar-refractivity contribution is -0.116. The summed E-state index contributed by atoms with van der Waals surface area (Å²) in [5, 5.41) is 13.3. The van der Waals surface area contributed by atoms with Crippen molar-refractivity contribution in [3.8, 4) is 28.7 Å². The van der Waals surface area contributed by atoms with Gasteiger partial charge in [-0.1, -0.05) is 0 Å². The van der Waals surface area contributed by atoms with Gasteiger partial charge in [0.1, 0.15) is 11.5 Å². The van der Waals surface area contributed by atoms with E-state index in [1.54, 1.807) is 37.4 Å². The van der Waals surface area contributed by atoms with E-state index in [0.717, 1.165) is 0 Å². The maximum atomic E-state index is 12.4. The first-order chi connectivity index (χ1) is 14.0. The number of rotatable bonds is 10. The SMILES string of the molecule is COc1ccc(C(O)CCC(=O)Nc2cc(OC)c(OC)c(OC)c2)c(OC)c1. The minimum absolute atomic E-state index is 0.104. The summed E-state index contributed by atoms with van der Waals surface area (Å²) in [6, 6.07) is 8.43. The molecule has 2 N–H and O–H groups in total.